The Hall–Kier alpha value is -2.68. The van der Waals surface area contributed by atoms with Gasteiger partial charge in [0.2, 0.25) is 0 Å². The number of benzene rings is 2. The molecule has 2 aromatic carbocycles. The zero-order chi connectivity index (χ0) is 20.0. The van der Waals surface area contributed by atoms with Crippen LogP contribution in [0.2, 0.25) is 0 Å². The van der Waals surface area contributed by atoms with Gasteiger partial charge in [-0.05, 0) is 41.7 Å². The van der Waals surface area contributed by atoms with Crippen molar-refractivity contribution < 1.29 is 18.4 Å². The van der Waals surface area contributed by atoms with Gasteiger partial charge in [0.25, 0.3) is 5.91 Å². The number of hydroxylamine groups is 1. The van der Waals surface area contributed by atoms with Gasteiger partial charge in [0.1, 0.15) is 0 Å². The van der Waals surface area contributed by atoms with Crippen molar-refractivity contribution >= 4 is 27.4 Å². The Balaban J connectivity index is 1.92. The van der Waals surface area contributed by atoms with E-state index in [4.69, 9.17) is 5.21 Å². The first kappa shape index (κ1) is 20.1. The lowest BCUT2D eigenvalue weighted by molar-refractivity contribution is -0.124. The number of anilines is 1. The van der Waals surface area contributed by atoms with E-state index < -0.39 is 16.1 Å². The van der Waals surface area contributed by atoms with Gasteiger partial charge in [0.15, 0.2) is 0 Å². The topological polar surface area (TPSA) is 98.7 Å². The lowest BCUT2D eigenvalue weighted by atomic mass is 9.97. The quantitative estimate of drug-likeness (QED) is 0.394. The minimum Gasteiger partial charge on any atom is -0.288 e. The van der Waals surface area contributed by atoms with Gasteiger partial charge in [0.05, 0.1) is 5.69 Å². The van der Waals surface area contributed by atoms with Gasteiger partial charge in [-0.2, -0.15) is 12.7 Å². The number of hydrogen-bond acceptors (Lipinski definition) is 4. The number of carbonyl (C=O) groups is 1. The van der Waals surface area contributed by atoms with Crippen molar-refractivity contribution in [1.29, 1.82) is 0 Å². The van der Waals surface area contributed by atoms with E-state index >= 15 is 0 Å². The third-order valence-corrected chi connectivity index (χ3v) is 6.08. The Morgan fingerprint density at radius 2 is 1.64 bits per heavy atom. The van der Waals surface area contributed by atoms with Crippen LogP contribution in [0.1, 0.15) is 30.4 Å². The molecule has 0 bridgehead atoms. The molecule has 0 aliphatic carbocycles. The van der Waals surface area contributed by atoms with E-state index in [-0.39, 0.29) is 0 Å². The predicted molar refractivity (Wildman–Crippen MR) is 108 cm³/mol. The summed E-state index contributed by atoms with van der Waals surface area (Å²) in [6.07, 6.45) is 4.03. The molecule has 1 fully saturated rings. The van der Waals surface area contributed by atoms with Crippen LogP contribution in [0, 0.1) is 0 Å². The van der Waals surface area contributed by atoms with E-state index in [0.717, 1.165) is 24.8 Å². The molecular formula is C20H23N3O4S. The maximum absolute atomic E-state index is 12.6. The molecule has 3 N–H and O–H groups in total. The predicted octanol–water partition coefficient (Wildman–Crippen LogP) is 2.77. The van der Waals surface area contributed by atoms with Crippen LogP contribution in [0.5, 0.6) is 0 Å². The molecule has 0 radical (unpaired) electrons. The molecule has 3 rings (SSSR count). The summed E-state index contributed by atoms with van der Waals surface area (Å²) in [5.74, 6) is -0.668. The average molecular weight is 401 g/mol. The van der Waals surface area contributed by atoms with Crippen LogP contribution in [0.25, 0.3) is 5.57 Å². The van der Waals surface area contributed by atoms with Crippen molar-refractivity contribution in [3.8, 4) is 0 Å². The molecule has 1 aliphatic heterocycles. The van der Waals surface area contributed by atoms with Crippen LogP contribution in [0.4, 0.5) is 5.69 Å². The summed E-state index contributed by atoms with van der Waals surface area (Å²) in [5, 5.41) is 8.89. The van der Waals surface area contributed by atoms with Crippen LogP contribution in [0.3, 0.4) is 0 Å². The molecule has 28 heavy (non-hydrogen) atoms. The number of piperidine rings is 1. The SMILES string of the molecule is O=C(/C=C(/c1ccccc1)c1cccc(NS(=O)(=O)N2CCCCC2)c1)NO. The van der Waals surface area contributed by atoms with E-state index in [9.17, 15) is 13.2 Å². The van der Waals surface area contributed by atoms with Gasteiger partial charge in [-0.3, -0.25) is 14.7 Å². The fourth-order valence-electron chi connectivity index (χ4n) is 3.18. The van der Waals surface area contributed by atoms with Gasteiger partial charge in [0, 0.05) is 19.2 Å². The zero-order valence-corrected chi connectivity index (χ0v) is 16.2. The molecule has 1 saturated heterocycles. The van der Waals surface area contributed by atoms with Crippen LogP contribution in [0.15, 0.2) is 60.7 Å². The van der Waals surface area contributed by atoms with Gasteiger partial charge < -0.3 is 0 Å². The summed E-state index contributed by atoms with van der Waals surface area (Å²) in [4.78, 5) is 11.7. The highest BCUT2D eigenvalue weighted by molar-refractivity contribution is 7.90. The summed E-state index contributed by atoms with van der Waals surface area (Å²) in [6.45, 7) is 1.03. The number of rotatable bonds is 6. The maximum Gasteiger partial charge on any atom is 0.301 e. The summed E-state index contributed by atoms with van der Waals surface area (Å²) in [5.41, 5.74) is 3.98. The minimum atomic E-state index is -3.63. The Bertz CT molecular complexity index is 952. The van der Waals surface area contributed by atoms with Crippen LogP contribution in [-0.2, 0) is 15.0 Å². The van der Waals surface area contributed by atoms with Gasteiger partial charge in [-0.1, -0.05) is 48.9 Å². The smallest absolute Gasteiger partial charge is 0.288 e. The summed E-state index contributed by atoms with van der Waals surface area (Å²) < 4.78 is 29.3. The molecule has 0 aromatic heterocycles. The van der Waals surface area contributed by atoms with E-state index in [0.29, 0.717) is 29.9 Å². The van der Waals surface area contributed by atoms with Crippen LogP contribution >= 0.6 is 0 Å². The molecule has 148 valence electrons. The second-order valence-electron chi connectivity index (χ2n) is 6.55. The first-order chi connectivity index (χ1) is 13.5. The van der Waals surface area contributed by atoms with Crippen LogP contribution in [-0.4, -0.2) is 36.9 Å². The lowest BCUT2D eigenvalue weighted by Gasteiger charge is -2.26. The average Bonchev–Trinajstić information content (AvgIpc) is 2.73. The van der Waals surface area contributed by atoms with E-state index in [2.05, 4.69) is 4.72 Å². The summed E-state index contributed by atoms with van der Waals surface area (Å²) >= 11 is 0. The summed E-state index contributed by atoms with van der Waals surface area (Å²) in [6, 6.07) is 16.0. The highest BCUT2D eigenvalue weighted by atomic mass is 32.2. The standard InChI is InChI=1S/C20H23N3O4S/c24-20(21-25)15-19(16-8-3-1-4-9-16)17-10-7-11-18(14-17)22-28(26,27)23-12-5-2-6-13-23/h1,3-4,7-11,14-15,22,25H,2,5-6,12-13H2,(H,21,24)/b19-15-. The molecule has 0 spiro atoms. The number of amides is 1. The molecule has 1 aliphatic rings. The maximum atomic E-state index is 12.6. The van der Waals surface area contributed by atoms with Gasteiger partial charge in [-0.15, -0.1) is 0 Å². The first-order valence-corrected chi connectivity index (χ1v) is 10.5. The van der Waals surface area contributed by atoms with E-state index in [1.807, 2.05) is 30.3 Å². The fourth-order valence-corrected chi connectivity index (χ4v) is 4.48. The largest absolute Gasteiger partial charge is 0.301 e. The van der Waals surface area contributed by atoms with Gasteiger partial charge >= 0.3 is 10.2 Å². The van der Waals surface area contributed by atoms with Crippen molar-refractivity contribution in [2.75, 3.05) is 17.8 Å². The van der Waals surface area contributed by atoms with Crippen molar-refractivity contribution in [3.05, 3.63) is 71.8 Å². The highest BCUT2D eigenvalue weighted by Gasteiger charge is 2.23. The number of nitrogens with zero attached hydrogens (tertiary/aromatic N) is 1. The molecule has 0 unspecified atom stereocenters. The van der Waals surface area contributed by atoms with Crippen molar-refractivity contribution in [3.63, 3.8) is 0 Å². The monoisotopic (exact) mass is 401 g/mol. The third kappa shape index (κ3) is 4.98. The zero-order valence-electron chi connectivity index (χ0n) is 15.3. The second kappa shape index (κ2) is 9.01. The normalized spacial score (nSPS) is 15.8. The van der Waals surface area contributed by atoms with Gasteiger partial charge in [-0.25, -0.2) is 5.48 Å². The lowest BCUT2D eigenvalue weighted by Crippen LogP contribution is -2.39. The molecule has 2 aromatic rings. The minimum absolute atomic E-state index is 0.411. The molecule has 0 atom stereocenters. The molecule has 0 saturated carbocycles. The molecular weight excluding hydrogens is 378 g/mol. The second-order valence-corrected chi connectivity index (χ2v) is 8.22. The number of carbonyl (C=O) groups excluding carboxylic acids is 1. The van der Waals surface area contributed by atoms with Crippen molar-refractivity contribution in [2.45, 2.75) is 19.3 Å². The Morgan fingerprint density at radius 1 is 0.964 bits per heavy atom. The number of hydrogen-bond donors (Lipinski definition) is 3. The first-order valence-electron chi connectivity index (χ1n) is 9.09. The molecule has 7 nitrogen and oxygen atoms in total. The highest BCUT2D eigenvalue weighted by Crippen LogP contribution is 2.26. The Labute approximate surface area is 164 Å². The van der Waals surface area contributed by atoms with Crippen molar-refractivity contribution in [1.82, 2.24) is 9.79 Å². The molecule has 8 heteroatoms. The molecule has 1 amide bonds. The van der Waals surface area contributed by atoms with E-state index in [1.54, 1.807) is 29.7 Å². The Morgan fingerprint density at radius 3 is 2.32 bits per heavy atom. The fraction of sp³-hybridized carbons (Fsp3) is 0.250. The number of nitrogens with one attached hydrogen (secondary N) is 2. The van der Waals surface area contributed by atoms with E-state index in [1.165, 1.54) is 10.4 Å². The third-order valence-electron chi connectivity index (χ3n) is 4.55. The Kier molecular flexibility index (Phi) is 6.45. The summed E-state index contributed by atoms with van der Waals surface area (Å²) in [7, 11) is -3.63. The van der Waals surface area contributed by atoms with Crippen molar-refractivity contribution in [2.24, 2.45) is 0 Å². The molecule has 1 heterocycles. The van der Waals surface area contributed by atoms with Crippen LogP contribution < -0.4 is 10.2 Å².